The molecule has 12 heavy (non-hydrogen) atoms. The molecule has 0 radical (unpaired) electrons. The number of carboxylic acids is 1. The third kappa shape index (κ3) is 5.79. The number of carboxylic acid groups (broad SMARTS) is 1. The molecule has 0 aromatic heterocycles. The first-order valence-corrected chi connectivity index (χ1v) is 4.24. The maximum absolute atomic E-state index is 10.1. The van der Waals surface area contributed by atoms with Crippen LogP contribution < -0.4 is 0 Å². The number of hydrogen-bond donors (Lipinski definition) is 1. The summed E-state index contributed by atoms with van der Waals surface area (Å²) in [4.78, 5) is 10.1. The van der Waals surface area contributed by atoms with Crippen LogP contribution in [0.4, 0.5) is 0 Å². The van der Waals surface area contributed by atoms with E-state index < -0.39 is 5.97 Å². The van der Waals surface area contributed by atoms with E-state index in [2.05, 4.69) is 18.8 Å². The monoisotopic (exact) mass is 168 g/mol. The van der Waals surface area contributed by atoms with E-state index in [1.807, 2.05) is 13.8 Å². The van der Waals surface area contributed by atoms with Crippen molar-refractivity contribution in [2.45, 2.75) is 40.0 Å². The van der Waals surface area contributed by atoms with Gasteiger partial charge in [-0.1, -0.05) is 25.7 Å². The maximum atomic E-state index is 10.1. The molecule has 0 aliphatic carbocycles. The van der Waals surface area contributed by atoms with Gasteiger partial charge in [0.25, 0.3) is 0 Å². The van der Waals surface area contributed by atoms with E-state index in [4.69, 9.17) is 5.11 Å². The Hall–Kier alpha value is -0.970. The van der Waals surface area contributed by atoms with Gasteiger partial charge in [-0.25, -0.2) is 4.79 Å². The molecular weight excluding hydrogens is 152 g/mol. The van der Waals surface area contributed by atoms with Gasteiger partial charge in [-0.2, -0.15) is 0 Å². The second-order valence-electron chi connectivity index (χ2n) is 3.54. The third-order valence-electron chi connectivity index (χ3n) is 1.66. The minimum absolute atomic E-state index is 0.158. The molecule has 1 N–H and O–H groups in total. The number of unbranched alkanes of at least 4 members (excludes halogenated alkanes) is 1. The summed E-state index contributed by atoms with van der Waals surface area (Å²) in [5, 5.41) is 8.33. The molecule has 0 aromatic rings. The molecule has 0 aliphatic rings. The Morgan fingerprint density at radius 2 is 2.08 bits per heavy atom. The summed E-state index contributed by atoms with van der Waals surface area (Å²) < 4.78 is 0. The lowest BCUT2D eigenvalue weighted by Gasteiger charge is -2.15. The first kappa shape index (κ1) is 11.0. The van der Waals surface area contributed by atoms with Gasteiger partial charge < -0.3 is 5.11 Å². The minimum atomic E-state index is -1.04. The van der Waals surface area contributed by atoms with Gasteiger partial charge in [-0.05, 0) is 20.3 Å². The molecule has 0 unspecified atom stereocenters. The van der Waals surface area contributed by atoms with Crippen molar-refractivity contribution in [2.75, 3.05) is 0 Å². The Kier molecular flexibility index (Phi) is 4.43. The van der Waals surface area contributed by atoms with Crippen LogP contribution in [0.5, 0.6) is 0 Å². The highest BCUT2D eigenvalue weighted by Gasteiger charge is 2.12. The average Bonchev–Trinajstić information content (AvgIpc) is 1.98. The summed E-state index contributed by atoms with van der Waals surface area (Å²) in [6, 6.07) is 0. The Labute approximate surface area is 74.0 Å². The van der Waals surface area contributed by atoms with E-state index in [9.17, 15) is 4.79 Å². The van der Waals surface area contributed by atoms with Crippen LogP contribution in [0.1, 0.15) is 40.0 Å². The van der Waals surface area contributed by atoms with Crippen molar-refractivity contribution in [2.24, 2.45) is 5.41 Å². The molecule has 2 heteroatoms. The van der Waals surface area contributed by atoms with Gasteiger partial charge in [-0.3, -0.25) is 0 Å². The van der Waals surface area contributed by atoms with Gasteiger partial charge in [0.2, 0.25) is 0 Å². The summed E-state index contributed by atoms with van der Waals surface area (Å²) in [6.07, 6.45) is 3.18. The first-order chi connectivity index (χ1) is 5.48. The van der Waals surface area contributed by atoms with E-state index in [0.29, 0.717) is 0 Å². The van der Waals surface area contributed by atoms with Crippen molar-refractivity contribution in [1.82, 2.24) is 0 Å². The predicted octanol–water partition coefficient (Wildman–Crippen LogP) is 2.29. The van der Waals surface area contributed by atoms with Gasteiger partial charge in [0.1, 0.15) is 0 Å². The van der Waals surface area contributed by atoms with Crippen molar-refractivity contribution in [1.29, 1.82) is 0 Å². The SMILES string of the molecule is CCCCC(C)(C)C#CC(=O)O. The summed E-state index contributed by atoms with van der Waals surface area (Å²) in [5.74, 6) is 3.86. The fourth-order valence-electron chi connectivity index (χ4n) is 0.904. The average molecular weight is 168 g/mol. The molecule has 0 aromatic carbocycles. The van der Waals surface area contributed by atoms with Gasteiger partial charge in [0, 0.05) is 11.3 Å². The van der Waals surface area contributed by atoms with E-state index >= 15 is 0 Å². The molecule has 2 nitrogen and oxygen atoms in total. The molecule has 0 heterocycles. The van der Waals surface area contributed by atoms with Crippen molar-refractivity contribution < 1.29 is 9.90 Å². The fraction of sp³-hybridized carbons (Fsp3) is 0.700. The molecule has 0 spiro atoms. The zero-order chi connectivity index (χ0) is 9.61. The highest BCUT2D eigenvalue weighted by atomic mass is 16.4. The molecule has 0 saturated carbocycles. The third-order valence-corrected chi connectivity index (χ3v) is 1.66. The number of carbonyl (C=O) groups is 1. The second kappa shape index (κ2) is 4.82. The van der Waals surface area contributed by atoms with Gasteiger partial charge in [-0.15, -0.1) is 0 Å². The summed E-state index contributed by atoms with van der Waals surface area (Å²) >= 11 is 0. The number of hydrogen-bond acceptors (Lipinski definition) is 1. The van der Waals surface area contributed by atoms with Gasteiger partial charge >= 0.3 is 5.97 Å². The van der Waals surface area contributed by atoms with Crippen LogP contribution in [0.2, 0.25) is 0 Å². The van der Waals surface area contributed by atoms with Crippen LogP contribution >= 0.6 is 0 Å². The summed E-state index contributed by atoms with van der Waals surface area (Å²) in [6.45, 7) is 6.05. The Bertz CT molecular complexity index is 206. The van der Waals surface area contributed by atoms with Crippen LogP contribution in [0, 0.1) is 17.3 Å². The standard InChI is InChI=1S/C10H16O2/c1-4-5-7-10(2,3)8-6-9(11)12/h4-5,7H2,1-3H3,(H,11,12). The van der Waals surface area contributed by atoms with E-state index in [1.54, 1.807) is 0 Å². The molecule has 0 saturated heterocycles. The summed E-state index contributed by atoms with van der Waals surface area (Å²) in [5.41, 5.74) is -0.158. The smallest absolute Gasteiger partial charge is 0.381 e. The Morgan fingerprint density at radius 1 is 1.50 bits per heavy atom. The van der Waals surface area contributed by atoms with Crippen LogP contribution in [0.3, 0.4) is 0 Å². The Morgan fingerprint density at radius 3 is 2.50 bits per heavy atom. The molecule has 0 aliphatic heterocycles. The first-order valence-electron chi connectivity index (χ1n) is 4.24. The van der Waals surface area contributed by atoms with Crippen molar-refractivity contribution in [3.05, 3.63) is 0 Å². The lowest BCUT2D eigenvalue weighted by Crippen LogP contribution is -2.08. The number of rotatable bonds is 3. The molecule has 0 rings (SSSR count). The molecule has 0 fully saturated rings. The fourth-order valence-corrected chi connectivity index (χ4v) is 0.904. The van der Waals surface area contributed by atoms with Crippen LogP contribution in [0.25, 0.3) is 0 Å². The highest BCUT2D eigenvalue weighted by Crippen LogP contribution is 2.21. The molecule has 0 atom stereocenters. The zero-order valence-corrected chi connectivity index (χ0v) is 7.98. The van der Waals surface area contributed by atoms with Gasteiger partial charge in [0.05, 0.1) is 0 Å². The molecular formula is C10H16O2. The maximum Gasteiger partial charge on any atom is 0.381 e. The predicted molar refractivity (Wildman–Crippen MR) is 48.7 cm³/mol. The van der Waals surface area contributed by atoms with E-state index in [0.717, 1.165) is 19.3 Å². The van der Waals surface area contributed by atoms with Crippen molar-refractivity contribution >= 4 is 5.97 Å². The molecule has 0 amide bonds. The van der Waals surface area contributed by atoms with Crippen LogP contribution in [-0.2, 0) is 4.79 Å². The largest absolute Gasteiger partial charge is 0.472 e. The minimum Gasteiger partial charge on any atom is -0.472 e. The zero-order valence-electron chi connectivity index (χ0n) is 7.98. The van der Waals surface area contributed by atoms with E-state index in [-0.39, 0.29) is 5.41 Å². The molecule has 0 bridgehead atoms. The van der Waals surface area contributed by atoms with Crippen LogP contribution in [-0.4, -0.2) is 11.1 Å². The lowest BCUT2D eigenvalue weighted by molar-refractivity contribution is -0.130. The van der Waals surface area contributed by atoms with E-state index in [1.165, 1.54) is 0 Å². The molecule has 68 valence electrons. The normalized spacial score (nSPS) is 10.2. The van der Waals surface area contributed by atoms with Crippen molar-refractivity contribution in [3.63, 3.8) is 0 Å². The second-order valence-corrected chi connectivity index (χ2v) is 3.54. The Balaban J connectivity index is 4.05. The quantitative estimate of drug-likeness (QED) is 0.656. The summed E-state index contributed by atoms with van der Waals surface area (Å²) in [7, 11) is 0. The lowest BCUT2D eigenvalue weighted by atomic mass is 9.88. The topological polar surface area (TPSA) is 37.3 Å². The van der Waals surface area contributed by atoms with Crippen LogP contribution in [0.15, 0.2) is 0 Å². The number of aliphatic carboxylic acids is 1. The van der Waals surface area contributed by atoms with Crippen molar-refractivity contribution in [3.8, 4) is 11.8 Å². The van der Waals surface area contributed by atoms with Gasteiger partial charge in [0.15, 0.2) is 0 Å². The highest BCUT2D eigenvalue weighted by molar-refractivity contribution is 5.86.